The molecule has 0 aliphatic carbocycles. The number of thioether (sulfide) groups is 1. The van der Waals surface area contributed by atoms with E-state index in [1.165, 1.54) is 5.56 Å². The first-order chi connectivity index (χ1) is 11.1. The van der Waals surface area contributed by atoms with Crippen LogP contribution in [-0.2, 0) is 9.59 Å². The molecule has 0 unspecified atom stereocenters. The first-order valence-corrected chi connectivity index (χ1v) is 9.15. The third-order valence-electron chi connectivity index (χ3n) is 3.86. The maximum absolute atomic E-state index is 11.9. The summed E-state index contributed by atoms with van der Waals surface area (Å²) < 4.78 is 0. The van der Waals surface area contributed by atoms with Gasteiger partial charge in [0, 0.05) is 31.8 Å². The normalized spacial score (nSPS) is 15.8. The molecule has 0 aromatic heterocycles. The maximum Gasteiger partial charge on any atom is 0.230 e. The average Bonchev–Trinajstić information content (AvgIpc) is 2.56. The molecule has 2 rings (SSSR count). The molecule has 5 heteroatoms. The summed E-state index contributed by atoms with van der Waals surface area (Å²) >= 11 is 1.61. The van der Waals surface area contributed by atoms with Crippen LogP contribution in [0.3, 0.4) is 0 Å². The van der Waals surface area contributed by atoms with E-state index in [1.807, 2.05) is 23.1 Å². The van der Waals surface area contributed by atoms with E-state index >= 15 is 0 Å². The molecule has 124 valence electrons. The lowest BCUT2D eigenvalue weighted by Gasteiger charge is -2.31. The fourth-order valence-corrected chi connectivity index (χ4v) is 3.19. The molecule has 1 aromatic carbocycles. The van der Waals surface area contributed by atoms with E-state index in [-0.39, 0.29) is 17.9 Å². The van der Waals surface area contributed by atoms with Crippen molar-refractivity contribution in [2.24, 2.45) is 0 Å². The van der Waals surface area contributed by atoms with Crippen LogP contribution in [0.1, 0.15) is 25.3 Å². The zero-order valence-corrected chi connectivity index (χ0v) is 14.3. The van der Waals surface area contributed by atoms with E-state index < -0.39 is 0 Å². The molecule has 1 heterocycles. The predicted molar refractivity (Wildman–Crippen MR) is 96.2 cm³/mol. The van der Waals surface area contributed by atoms with Crippen molar-refractivity contribution < 1.29 is 9.59 Å². The van der Waals surface area contributed by atoms with E-state index in [0.29, 0.717) is 5.75 Å². The van der Waals surface area contributed by atoms with Crippen LogP contribution in [0, 0.1) is 0 Å². The van der Waals surface area contributed by atoms with Crippen LogP contribution in [0.15, 0.2) is 36.4 Å². The first kappa shape index (κ1) is 17.6. The van der Waals surface area contributed by atoms with Gasteiger partial charge >= 0.3 is 0 Å². The SMILES string of the molecule is CC(=O)N1CCC(NC(=O)CSC/C=C/c2ccccc2)CC1. The van der Waals surface area contributed by atoms with Crippen LogP contribution < -0.4 is 5.32 Å². The highest BCUT2D eigenvalue weighted by Gasteiger charge is 2.21. The highest BCUT2D eigenvalue weighted by Crippen LogP contribution is 2.11. The summed E-state index contributed by atoms with van der Waals surface area (Å²) in [5, 5.41) is 3.07. The van der Waals surface area contributed by atoms with Crippen LogP contribution in [0.4, 0.5) is 0 Å². The minimum atomic E-state index is 0.0874. The van der Waals surface area contributed by atoms with E-state index in [1.54, 1.807) is 18.7 Å². The second-order valence-electron chi connectivity index (χ2n) is 5.68. The number of nitrogens with zero attached hydrogens (tertiary/aromatic N) is 1. The van der Waals surface area contributed by atoms with E-state index in [9.17, 15) is 9.59 Å². The van der Waals surface area contributed by atoms with Gasteiger partial charge in [0.25, 0.3) is 0 Å². The molecular formula is C18H24N2O2S. The molecular weight excluding hydrogens is 308 g/mol. The van der Waals surface area contributed by atoms with Crippen molar-refractivity contribution in [2.75, 3.05) is 24.6 Å². The third-order valence-corrected chi connectivity index (χ3v) is 4.76. The number of rotatable bonds is 6. The highest BCUT2D eigenvalue weighted by atomic mass is 32.2. The molecule has 1 saturated heterocycles. The summed E-state index contributed by atoms with van der Waals surface area (Å²) in [5.74, 6) is 1.51. The average molecular weight is 332 g/mol. The van der Waals surface area contributed by atoms with Crippen molar-refractivity contribution in [3.8, 4) is 0 Å². The molecule has 0 atom stereocenters. The fraction of sp³-hybridized carbons (Fsp3) is 0.444. The van der Waals surface area contributed by atoms with E-state index in [0.717, 1.165) is 31.7 Å². The molecule has 0 spiro atoms. The monoisotopic (exact) mass is 332 g/mol. The molecule has 1 aromatic rings. The Morgan fingerprint density at radius 1 is 1.26 bits per heavy atom. The van der Waals surface area contributed by atoms with Gasteiger partial charge in [0.15, 0.2) is 0 Å². The van der Waals surface area contributed by atoms with Crippen LogP contribution in [0.25, 0.3) is 6.08 Å². The first-order valence-electron chi connectivity index (χ1n) is 7.99. The maximum atomic E-state index is 11.9. The minimum Gasteiger partial charge on any atom is -0.353 e. The Kier molecular flexibility index (Phi) is 7.20. The van der Waals surface area contributed by atoms with Gasteiger partial charge in [0.05, 0.1) is 5.75 Å². The van der Waals surface area contributed by atoms with Gasteiger partial charge < -0.3 is 10.2 Å². The van der Waals surface area contributed by atoms with Gasteiger partial charge in [-0.25, -0.2) is 0 Å². The van der Waals surface area contributed by atoms with Gasteiger partial charge in [-0.1, -0.05) is 42.5 Å². The summed E-state index contributed by atoms with van der Waals surface area (Å²) in [6.45, 7) is 3.08. The highest BCUT2D eigenvalue weighted by molar-refractivity contribution is 8.00. The van der Waals surface area contributed by atoms with Crippen molar-refractivity contribution in [3.63, 3.8) is 0 Å². The molecule has 23 heavy (non-hydrogen) atoms. The molecule has 1 fully saturated rings. The zero-order chi connectivity index (χ0) is 16.5. The molecule has 1 aliphatic rings. The second kappa shape index (κ2) is 9.40. The summed E-state index contributed by atoms with van der Waals surface area (Å²) in [6.07, 6.45) is 5.86. The molecule has 1 aliphatic heterocycles. The van der Waals surface area contributed by atoms with Crippen molar-refractivity contribution in [2.45, 2.75) is 25.8 Å². The molecule has 0 saturated carbocycles. The quantitative estimate of drug-likeness (QED) is 0.815. The number of benzene rings is 1. The number of carbonyl (C=O) groups is 2. The summed E-state index contributed by atoms with van der Waals surface area (Å²) in [4.78, 5) is 25.0. The number of amides is 2. The fourth-order valence-electron chi connectivity index (χ4n) is 2.58. The van der Waals surface area contributed by atoms with Crippen LogP contribution in [0.5, 0.6) is 0 Å². The minimum absolute atomic E-state index is 0.0874. The molecule has 1 N–H and O–H groups in total. The van der Waals surface area contributed by atoms with E-state index in [2.05, 4.69) is 29.6 Å². The number of likely N-dealkylation sites (tertiary alicyclic amines) is 1. The number of hydrogen-bond donors (Lipinski definition) is 1. The van der Waals surface area contributed by atoms with Gasteiger partial charge in [-0.05, 0) is 18.4 Å². The summed E-state index contributed by atoms with van der Waals surface area (Å²) in [6, 6.07) is 10.3. The van der Waals surface area contributed by atoms with E-state index in [4.69, 9.17) is 0 Å². The Hall–Kier alpha value is -1.75. The van der Waals surface area contributed by atoms with Crippen LogP contribution in [0.2, 0.25) is 0 Å². The van der Waals surface area contributed by atoms with Gasteiger partial charge in [0.1, 0.15) is 0 Å². The lowest BCUT2D eigenvalue weighted by Crippen LogP contribution is -2.46. The van der Waals surface area contributed by atoms with Crippen molar-refractivity contribution >= 4 is 29.7 Å². The molecule has 0 radical (unpaired) electrons. The molecule has 0 bridgehead atoms. The Morgan fingerprint density at radius 2 is 1.96 bits per heavy atom. The standard InChI is InChI=1S/C18H24N2O2S/c1-15(21)20-11-9-17(10-12-20)19-18(22)14-23-13-5-8-16-6-3-2-4-7-16/h2-8,17H,9-14H2,1H3,(H,19,22)/b8-5+. The van der Waals surface area contributed by atoms with Crippen molar-refractivity contribution in [1.29, 1.82) is 0 Å². The predicted octanol–water partition coefficient (Wildman–Crippen LogP) is 2.56. The number of hydrogen-bond acceptors (Lipinski definition) is 3. The molecule has 4 nitrogen and oxygen atoms in total. The summed E-state index contributed by atoms with van der Waals surface area (Å²) in [7, 11) is 0. The Morgan fingerprint density at radius 3 is 2.61 bits per heavy atom. The number of nitrogens with one attached hydrogen (secondary N) is 1. The smallest absolute Gasteiger partial charge is 0.230 e. The van der Waals surface area contributed by atoms with Gasteiger partial charge in [0.2, 0.25) is 11.8 Å². The Bertz CT molecular complexity index is 537. The number of carbonyl (C=O) groups excluding carboxylic acids is 2. The second-order valence-corrected chi connectivity index (χ2v) is 6.71. The molecule has 2 amide bonds. The number of piperidine rings is 1. The summed E-state index contributed by atoms with van der Waals surface area (Å²) in [5.41, 5.74) is 1.18. The van der Waals surface area contributed by atoms with Crippen molar-refractivity contribution in [3.05, 3.63) is 42.0 Å². The van der Waals surface area contributed by atoms with Gasteiger partial charge in [-0.3, -0.25) is 9.59 Å². The van der Waals surface area contributed by atoms with Gasteiger partial charge in [-0.15, -0.1) is 11.8 Å². The van der Waals surface area contributed by atoms with Crippen LogP contribution >= 0.6 is 11.8 Å². The zero-order valence-electron chi connectivity index (χ0n) is 13.5. The van der Waals surface area contributed by atoms with Crippen molar-refractivity contribution in [1.82, 2.24) is 10.2 Å². The Balaban J connectivity index is 1.59. The lowest BCUT2D eigenvalue weighted by atomic mass is 10.1. The lowest BCUT2D eigenvalue weighted by molar-refractivity contribution is -0.130. The largest absolute Gasteiger partial charge is 0.353 e. The Labute approximate surface area is 142 Å². The van der Waals surface area contributed by atoms with Gasteiger partial charge in [-0.2, -0.15) is 0 Å². The van der Waals surface area contributed by atoms with Crippen LogP contribution in [-0.4, -0.2) is 47.4 Å². The third kappa shape index (κ3) is 6.48. The topological polar surface area (TPSA) is 49.4 Å².